The Morgan fingerprint density at radius 3 is 2.42 bits per heavy atom. The number of aromatic nitrogens is 1. The summed E-state index contributed by atoms with van der Waals surface area (Å²) >= 11 is 2.84. The molecule has 4 rings (SSSR count). The average Bonchev–Trinajstić information content (AvgIpc) is 3.26. The quantitative estimate of drug-likeness (QED) is 0.339. The number of amides is 1. The number of anilines is 1. The van der Waals surface area contributed by atoms with Gasteiger partial charge in [-0.15, -0.1) is 23.1 Å². The van der Waals surface area contributed by atoms with Crippen LogP contribution in [0.25, 0.3) is 0 Å². The third kappa shape index (κ3) is 4.28. The van der Waals surface area contributed by atoms with Gasteiger partial charge in [0.2, 0.25) is 5.91 Å². The normalized spacial score (nSPS) is 26.9. The molecule has 4 atom stereocenters. The van der Waals surface area contributed by atoms with Gasteiger partial charge in [-0.25, -0.2) is 14.6 Å². The first kappa shape index (κ1) is 24.5. The molecule has 1 aromatic heterocycles. The molecule has 4 heterocycles. The first-order valence-corrected chi connectivity index (χ1v) is 11.6. The van der Waals surface area contributed by atoms with Crippen molar-refractivity contribution < 1.29 is 59.3 Å². The van der Waals surface area contributed by atoms with Crippen molar-refractivity contribution in [3.05, 3.63) is 21.7 Å². The summed E-state index contributed by atoms with van der Waals surface area (Å²) in [5, 5.41) is 31.1. The van der Waals surface area contributed by atoms with Gasteiger partial charge in [0.05, 0.1) is 18.1 Å². The minimum atomic E-state index is -1.11. The third-order valence-electron chi connectivity index (χ3n) is 6.03. The fraction of sp³-hybridized carbons (Fsp3) is 0.579. The summed E-state index contributed by atoms with van der Waals surface area (Å²) in [4.78, 5) is 43.7. The number of hydrogen-bond donors (Lipinski definition) is 3. The smallest absolute Gasteiger partial charge is 0.477 e. The number of carbonyl (C=O) groups is 3. The van der Waals surface area contributed by atoms with Gasteiger partial charge in [0, 0.05) is 34.5 Å². The SMILES string of the molecule is CC(O)C1C(=O)N2C(C(=O)O)=C(SC3CCN(c4nc(C(=O)O)cs4)CC3)[C@H](C)C12.[Na+]. The summed E-state index contributed by atoms with van der Waals surface area (Å²) in [6, 6.07) is -0.295. The van der Waals surface area contributed by atoms with Crippen molar-refractivity contribution in [1.82, 2.24) is 9.88 Å². The molecule has 3 aliphatic heterocycles. The maximum absolute atomic E-state index is 12.4. The number of β-lactam (4-membered cyclic amide) rings is 1. The van der Waals surface area contributed by atoms with Crippen LogP contribution in [0, 0.1) is 11.8 Å². The fourth-order valence-electron chi connectivity index (χ4n) is 4.53. The Bertz CT molecular complexity index is 927. The number of aliphatic hydroxyl groups excluding tert-OH is 1. The van der Waals surface area contributed by atoms with E-state index in [9.17, 15) is 24.6 Å². The van der Waals surface area contributed by atoms with Crippen LogP contribution in [0.5, 0.6) is 0 Å². The van der Waals surface area contributed by atoms with Crippen molar-refractivity contribution in [2.24, 2.45) is 11.8 Å². The van der Waals surface area contributed by atoms with Crippen LogP contribution in [0.4, 0.5) is 5.13 Å². The molecule has 2 fully saturated rings. The number of thioether (sulfide) groups is 1. The van der Waals surface area contributed by atoms with Crippen LogP contribution >= 0.6 is 23.1 Å². The van der Waals surface area contributed by atoms with Gasteiger partial charge in [-0.3, -0.25) is 4.79 Å². The van der Waals surface area contributed by atoms with Crippen molar-refractivity contribution in [3.63, 3.8) is 0 Å². The molecule has 0 saturated carbocycles. The van der Waals surface area contributed by atoms with E-state index in [1.807, 2.05) is 6.92 Å². The first-order chi connectivity index (χ1) is 14.2. The van der Waals surface area contributed by atoms with Crippen molar-refractivity contribution in [1.29, 1.82) is 0 Å². The van der Waals surface area contributed by atoms with E-state index in [1.54, 1.807) is 6.92 Å². The fourth-order valence-corrected chi connectivity index (χ4v) is 6.84. The van der Waals surface area contributed by atoms with Crippen LogP contribution in [0.1, 0.15) is 37.2 Å². The van der Waals surface area contributed by atoms with E-state index in [0.29, 0.717) is 23.1 Å². The Labute approximate surface area is 209 Å². The molecule has 0 radical (unpaired) electrons. The van der Waals surface area contributed by atoms with Crippen LogP contribution in [-0.4, -0.2) is 73.5 Å². The summed E-state index contributed by atoms with van der Waals surface area (Å²) in [7, 11) is 0. The predicted molar refractivity (Wildman–Crippen MR) is 112 cm³/mol. The number of piperidine rings is 1. The van der Waals surface area contributed by atoms with E-state index in [4.69, 9.17) is 5.11 Å². The van der Waals surface area contributed by atoms with E-state index < -0.39 is 24.0 Å². The Morgan fingerprint density at radius 2 is 1.90 bits per heavy atom. The standard InChI is InChI=1S/C19H23N3O6S2.Na/c1-8-13-12(9(2)23)16(24)22(13)14(18(27)28)15(8)30-10-3-5-21(6-4-10)19-20-11(7-29-19)17(25)26;/h7-10,12-13,23H,3-6H2,1-2H3,(H,25,26)(H,27,28);/q;+1/t8-,9?,12?,13?;/m1./s1. The summed E-state index contributed by atoms with van der Waals surface area (Å²) in [5.74, 6) is -3.15. The monoisotopic (exact) mass is 476 g/mol. The van der Waals surface area contributed by atoms with Crippen LogP contribution in [0.15, 0.2) is 16.0 Å². The van der Waals surface area contributed by atoms with Gasteiger partial charge in [-0.05, 0) is 19.8 Å². The zero-order valence-corrected chi connectivity index (χ0v) is 21.2. The Balaban J connectivity index is 0.00000272. The molecule has 3 unspecified atom stereocenters. The third-order valence-corrected chi connectivity index (χ3v) is 8.55. The molecular weight excluding hydrogens is 453 g/mol. The second-order valence-corrected chi connectivity index (χ2v) is 10.1. The minimum absolute atomic E-state index is 0. The molecule has 3 N–H and O–H groups in total. The largest absolute Gasteiger partial charge is 1.00 e. The molecule has 3 aliphatic rings. The number of carboxylic acids is 2. The molecule has 2 saturated heterocycles. The molecule has 1 aromatic rings. The van der Waals surface area contributed by atoms with Gasteiger partial charge in [0.15, 0.2) is 10.8 Å². The molecule has 12 heteroatoms. The number of carboxylic acid groups (broad SMARTS) is 2. The Morgan fingerprint density at radius 1 is 1.26 bits per heavy atom. The van der Waals surface area contributed by atoms with Gasteiger partial charge in [0.1, 0.15) is 5.70 Å². The zero-order valence-electron chi connectivity index (χ0n) is 17.5. The van der Waals surface area contributed by atoms with Crippen molar-refractivity contribution in [2.75, 3.05) is 18.0 Å². The number of rotatable bonds is 6. The number of fused-ring (bicyclic) bond motifs is 1. The Hall–Kier alpha value is -1.11. The van der Waals surface area contributed by atoms with Crippen LogP contribution in [-0.2, 0) is 9.59 Å². The number of hydrogen-bond acceptors (Lipinski definition) is 8. The maximum Gasteiger partial charge on any atom is 1.00 e. The molecule has 0 bridgehead atoms. The number of carbonyl (C=O) groups excluding carboxylic acids is 1. The molecule has 1 amide bonds. The molecular formula is C19H23N3NaO6S2+. The predicted octanol–water partition coefficient (Wildman–Crippen LogP) is -1.30. The average molecular weight is 477 g/mol. The number of aliphatic carboxylic acids is 1. The molecule has 31 heavy (non-hydrogen) atoms. The maximum atomic E-state index is 12.4. The number of nitrogens with zero attached hydrogens (tertiary/aromatic N) is 3. The van der Waals surface area contributed by atoms with Gasteiger partial charge >= 0.3 is 41.5 Å². The van der Waals surface area contributed by atoms with Gasteiger partial charge in [-0.2, -0.15) is 0 Å². The number of thiazole rings is 1. The second kappa shape index (κ2) is 9.40. The zero-order chi connectivity index (χ0) is 21.7. The van der Waals surface area contributed by atoms with Gasteiger partial charge in [0.25, 0.3) is 0 Å². The van der Waals surface area contributed by atoms with E-state index in [2.05, 4.69) is 9.88 Å². The van der Waals surface area contributed by atoms with E-state index in [0.717, 1.165) is 12.8 Å². The number of aliphatic hydroxyl groups is 1. The van der Waals surface area contributed by atoms with E-state index >= 15 is 0 Å². The summed E-state index contributed by atoms with van der Waals surface area (Å²) in [6.07, 6.45) is 0.792. The van der Waals surface area contributed by atoms with Crippen molar-refractivity contribution in [2.45, 2.75) is 44.1 Å². The van der Waals surface area contributed by atoms with Gasteiger partial charge < -0.3 is 25.1 Å². The molecule has 0 aliphatic carbocycles. The topological polar surface area (TPSA) is 131 Å². The van der Waals surface area contributed by atoms with Crippen molar-refractivity contribution in [3.8, 4) is 0 Å². The molecule has 9 nitrogen and oxygen atoms in total. The van der Waals surface area contributed by atoms with Crippen molar-refractivity contribution >= 4 is 46.1 Å². The second-order valence-electron chi connectivity index (χ2n) is 7.90. The van der Waals surface area contributed by atoms with E-state index in [1.165, 1.54) is 33.4 Å². The molecule has 162 valence electrons. The van der Waals surface area contributed by atoms with Crippen LogP contribution < -0.4 is 34.5 Å². The number of aromatic carboxylic acids is 1. The minimum Gasteiger partial charge on any atom is -0.477 e. The molecule has 0 aromatic carbocycles. The Kier molecular flexibility index (Phi) is 7.44. The van der Waals surface area contributed by atoms with E-state index in [-0.39, 0.29) is 64.1 Å². The first-order valence-electron chi connectivity index (χ1n) is 9.79. The molecule has 0 spiro atoms. The summed E-state index contributed by atoms with van der Waals surface area (Å²) in [5.41, 5.74) is 0.109. The van der Waals surface area contributed by atoms with Gasteiger partial charge in [-0.1, -0.05) is 6.92 Å². The summed E-state index contributed by atoms with van der Waals surface area (Å²) < 4.78 is 0. The van der Waals surface area contributed by atoms with Crippen LogP contribution in [0.3, 0.4) is 0 Å². The summed E-state index contributed by atoms with van der Waals surface area (Å²) in [6.45, 7) is 4.91. The van der Waals surface area contributed by atoms with Crippen LogP contribution in [0.2, 0.25) is 0 Å².